The molecule has 0 atom stereocenters. The third-order valence-electron chi connectivity index (χ3n) is 2.26. The van der Waals surface area contributed by atoms with Gasteiger partial charge in [-0.2, -0.15) is 0 Å². The molecular formula is C13H9BrClFN2O. The van der Waals surface area contributed by atoms with Crippen molar-refractivity contribution in [3.05, 3.63) is 57.8 Å². The van der Waals surface area contributed by atoms with E-state index in [-0.39, 0.29) is 0 Å². The molecule has 0 unspecified atom stereocenters. The normalized spacial score (nSPS) is 10.1. The van der Waals surface area contributed by atoms with E-state index in [9.17, 15) is 9.18 Å². The largest absolute Gasteiger partial charge is 0.323 e. The Labute approximate surface area is 122 Å². The first-order valence-corrected chi connectivity index (χ1v) is 6.50. The van der Waals surface area contributed by atoms with E-state index in [1.54, 1.807) is 24.3 Å². The summed E-state index contributed by atoms with van der Waals surface area (Å²) in [6.45, 7) is 0. The number of carbonyl (C=O) groups is 1. The third-order valence-corrected chi connectivity index (χ3v) is 3.08. The minimum atomic E-state index is -0.495. The van der Waals surface area contributed by atoms with Gasteiger partial charge in [0.15, 0.2) is 0 Å². The molecule has 19 heavy (non-hydrogen) atoms. The smallest absolute Gasteiger partial charge is 0.308 e. The maximum Gasteiger partial charge on any atom is 0.323 e. The highest BCUT2D eigenvalue weighted by Gasteiger charge is 2.07. The molecule has 2 aromatic carbocycles. The summed E-state index contributed by atoms with van der Waals surface area (Å²) in [5, 5.41) is 5.51. The first-order chi connectivity index (χ1) is 9.04. The topological polar surface area (TPSA) is 41.1 Å². The molecule has 6 heteroatoms. The molecule has 3 nitrogen and oxygen atoms in total. The third kappa shape index (κ3) is 3.94. The van der Waals surface area contributed by atoms with Crippen molar-refractivity contribution in [2.24, 2.45) is 0 Å². The Morgan fingerprint density at radius 2 is 1.95 bits per heavy atom. The van der Waals surface area contributed by atoms with Gasteiger partial charge >= 0.3 is 6.03 Å². The molecule has 2 aromatic rings. The molecule has 0 radical (unpaired) electrons. The first-order valence-electron chi connectivity index (χ1n) is 5.33. The van der Waals surface area contributed by atoms with Crippen LogP contribution < -0.4 is 10.6 Å². The monoisotopic (exact) mass is 342 g/mol. The van der Waals surface area contributed by atoms with Crippen molar-refractivity contribution in [3.8, 4) is 0 Å². The number of nitrogens with one attached hydrogen (secondary N) is 2. The number of hydrogen-bond acceptors (Lipinski definition) is 1. The molecule has 0 fully saturated rings. The average molecular weight is 344 g/mol. The van der Waals surface area contributed by atoms with Crippen molar-refractivity contribution in [1.82, 2.24) is 0 Å². The van der Waals surface area contributed by atoms with Crippen LogP contribution in [0.15, 0.2) is 46.9 Å². The minimum Gasteiger partial charge on any atom is -0.308 e. The first kappa shape index (κ1) is 13.8. The van der Waals surface area contributed by atoms with E-state index in [2.05, 4.69) is 26.6 Å². The molecule has 0 aliphatic carbocycles. The fourth-order valence-corrected chi connectivity index (χ4v) is 1.97. The van der Waals surface area contributed by atoms with Crippen LogP contribution in [0.25, 0.3) is 0 Å². The van der Waals surface area contributed by atoms with E-state index >= 15 is 0 Å². The Morgan fingerprint density at radius 1 is 1.16 bits per heavy atom. The molecule has 0 spiro atoms. The fourth-order valence-electron chi connectivity index (χ4n) is 1.44. The Balaban J connectivity index is 2.07. The van der Waals surface area contributed by atoms with Gasteiger partial charge in [0.25, 0.3) is 0 Å². The highest BCUT2D eigenvalue weighted by atomic mass is 79.9. The fraction of sp³-hybridized carbons (Fsp3) is 0. The highest BCUT2D eigenvalue weighted by Crippen LogP contribution is 2.25. The maximum absolute atomic E-state index is 13.0. The summed E-state index contributed by atoms with van der Waals surface area (Å²) in [7, 11) is 0. The Hall–Kier alpha value is -1.59. The van der Waals surface area contributed by atoms with Crippen molar-refractivity contribution in [1.29, 1.82) is 0 Å². The lowest BCUT2D eigenvalue weighted by molar-refractivity contribution is 0.262. The van der Waals surface area contributed by atoms with Crippen molar-refractivity contribution in [2.75, 3.05) is 10.6 Å². The van der Waals surface area contributed by atoms with Gasteiger partial charge in [0.05, 0.1) is 10.7 Å². The van der Waals surface area contributed by atoms with E-state index in [1.165, 1.54) is 18.2 Å². The Morgan fingerprint density at radius 3 is 2.68 bits per heavy atom. The van der Waals surface area contributed by atoms with Crippen LogP contribution in [0, 0.1) is 5.82 Å². The summed E-state index contributed by atoms with van der Waals surface area (Å²) >= 11 is 9.23. The molecule has 2 N–H and O–H groups in total. The van der Waals surface area contributed by atoms with Gasteiger partial charge in [0, 0.05) is 10.2 Å². The van der Waals surface area contributed by atoms with Crippen molar-refractivity contribution >= 4 is 44.9 Å². The van der Waals surface area contributed by atoms with Crippen LogP contribution in [0.2, 0.25) is 5.02 Å². The molecule has 0 aliphatic rings. The van der Waals surface area contributed by atoms with Gasteiger partial charge in [0.2, 0.25) is 0 Å². The molecule has 2 rings (SSSR count). The molecule has 2 amide bonds. The highest BCUT2D eigenvalue weighted by molar-refractivity contribution is 9.10. The zero-order valence-corrected chi connectivity index (χ0v) is 11.9. The van der Waals surface area contributed by atoms with Gasteiger partial charge in [-0.25, -0.2) is 9.18 Å². The van der Waals surface area contributed by atoms with E-state index < -0.39 is 11.8 Å². The lowest BCUT2D eigenvalue weighted by atomic mass is 10.3. The summed E-state index contributed by atoms with van der Waals surface area (Å²) < 4.78 is 13.8. The molecular weight excluding hydrogens is 335 g/mol. The number of rotatable bonds is 2. The number of halogens is 3. The second kappa shape index (κ2) is 6.04. The van der Waals surface area contributed by atoms with Crippen LogP contribution in [-0.4, -0.2) is 6.03 Å². The summed E-state index contributed by atoms with van der Waals surface area (Å²) in [4.78, 5) is 11.7. The number of anilines is 2. The molecule has 0 bridgehead atoms. The van der Waals surface area contributed by atoms with Gasteiger partial charge in [-0.15, -0.1) is 0 Å². The lowest BCUT2D eigenvalue weighted by Gasteiger charge is -2.09. The molecule has 0 saturated carbocycles. The predicted molar refractivity (Wildman–Crippen MR) is 78.2 cm³/mol. The van der Waals surface area contributed by atoms with Gasteiger partial charge in [-0.05, 0) is 36.4 Å². The number of amides is 2. The van der Waals surface area contributed by atoms with Gasteiger partial charge in [-0.3, -0.25) is 0 Å². The molecule has 0 saturated heterocycles. The molecule has 0 aliphatic heterocycles. The van der Waals surface area contributed by atoms with Crippen LogP contribution in [0.5, 0.6) is 0 Å². The zero-order chi connectivity index (χ0) is 13.8. The second-order valence-corrected chi connectivity index (χ2v) is 5.04. The second-order valence-electron chi connectivity index (χ2n) is 3.71. The molecule has 98 valence electrons. The SMILES string of the molecule is O=C(Nc1cccc(F)c1)Nc1cc(Br)ccc1Cl. The van der Waals surface area contributed by atoms with Crippen LogP contribution in [0.4, 0.5) is 20.6 Å². The summed E-state index contributed by atoms with van der Waals surface area (Å²) in [5.74, 6) is -0.418. The number of hydrogen-bond donors (Lipinski definition) is 2. The van der Waals surface area contributed by atoms with Crippen LogP contribution in [0.1, 0.15) is 0 Å². The standard InChI is InChI=1S/C13H9BrClFN2O/c14-8-4-5-11(15)12(6-8)18-13(19)17-10-3-1-2-9(16)7-10/h1-7H,(H2,17,18,19). The minimum absolute atomic E-state index is 0.364. The van der Waals surface area contributed by atoms with Crippen molar-refractivity contribution < 1.29 is 9.18 Å². The summed E-state index contributed by atoms with van der Waals surface area (Å²) in [6.07, 6.45) is 0. The molecule has 0 aromatic heterocycles. The predicted octanol–water partition coefficient (Wildman–Crippen LogP) is 4.89. The van der Waals surface area contributed by atoms with E-state index in [0.29, 0.717) is 16.4 Å². The van der Waals surface area contributed by atoms with Gasteiger partial charge in [-0.1, -0.05) is 33.6 Å². The van der Waals surface area contributed by atoms with Crippen molar-refractivity contribution in [3.63, 3.8) is 0 Å². The van der Waals surface area contributed by atoms with Crippen molar-refractivity contribution in [2.45, 2.75) is 0 Å². The molecule has 0 heterocycles. The van der Waals surface area contributed by atoms with Crippen LogP contribution in [-0.2, 0) is 0 Å². The van der Waals surface area contributed by atoms with Crippen LogP contribution >= 0.6 is 27.5 Å². The Kier molecular flexibility index (Phi) is 4.39. The van der Waals surface area contributed by atoms with Gasteiger partial charge < -0.3 is 10.6 Å². The maximum atomic E-state index is 13.0. The number of urea groups is 1. The Bertz CT molecular complexity index is 621. The number of carbonyl (C=O) groups excluding carboxylic acids is 1. The lowest BCUT2D eigenvalue weighted by Crippen LogP contribution is -2.19. The number of benzene rings is 2. The van der Waals surface area contributed by atoms with Crippen LogP contribution in [0.3, 0.4) is 0 Å². The quantitative estimate of drug-likeness (QED) is 0.801. The van der Waals surface area contributed by atoms with E-state index in [1.807, 2.05) is 0 Å². The van der Waals surface area contributed by atoms with E-state index in [4.69, 9.17) is 11.6 Å². The summed E-state index contributed by atoms with van der Waals surface area (Å²) in [5.41, 5.74) is 0.827. The average Bonchev–Trinajstić information content (AvgIpc) is 2.34. The van der Waals surface area contributed by atoms with E-state index in [0.717, 1.165) is 4.47 Å². The van der Waals surface area contributed by atoms with Gasteiger partial charge in [0.1, 0.15) is 5.82 Å². The summed E-state index contributed by atoms with van der Waals surface area (Å²) in [6, 6.07) is 10.2. The zero-order valence-electron chi connectivity index (χ0n) is 9.58.